The third-order valence-electron chi connectivity index (χ3n) is 2.87. The normalized spacial score (nSPS) is 10.2. The van der Waals surface area contributed by atoms with Gasteiger partial charge in [0.15, 0.2) is 11.5 Å². The second kappa shape index (κ2) is 7.19. The molecule has 0 aliphatic rings. The number of methoxy groups -OCH3 is 1. The minimum atomic E-state index is 0.647. The van der Waals surface area contributed by atoms with E-state index in [1.807, 2.05) is 36.4 Å². The Kier molecular flexibility index (Phi) is 5.28. The Morgan fingerprint density at radius 3 is 2.42 bits per heavy atom. The molecule has 19 heavy (non-hydrogen) atoms. The number of hydrogen-bond acceptors (Lipinski definition) is 2. The number of alkyl halides is 1. The van der Waals surface area contributed by atoms with Gasteiger partial charge in [-0.05, 0) is 23.3 Å². The minimum Gasteiger partial charge on any atom is -0.493 e. The number of benzene rings is 2. The van der Waals surface area contributed by atoms with E-state index in [9.17, 15) is 0 Å². The molecule has 0 aliphatic carbocycles. The van der Waals surface area contributed by atoms with E-state index >= 15 is 0 Å². The molecule has 0 radical (unpaired) electrons. The summed E-state index contributed by atoms with van der Waals surface area (Å²) in [5.74, 6) is 1.58. The van der Waals surface area contributed by atoms with E-state index in [-0.39, 0.29) is 0 Å². The topological polar surface area (TPSA) is 18.5 Å². The zero-order valence-electron chi connectivity index (χ0n) is 10.9. The summed E-state index contributed by atoms with van der Waals surface area (Å²) in [6, 6.07) is 16.3. The second-order valence-corrected chi connectivity index (χ2v) is 4.76. The van der Waals surface area contributed by atoms with Crippen molar-refractivity contribution in [3.63, 3.8) is 0 Å². The van der Waals surface area contributed by atoms with Crippen molar-refractivity contribution < 1.29 is 9.47 Å². The van der Waals surface area contributed by atoms with Gasteiger partial charge in [0.1, 0.15) is 0 Å². The van der Waals surface area contributed by atoms with E-state index in [4.69, 9.17) is 9.47 Å². The first-order valence-electron chi connectivity index (χ1n) is 6.23. The largest absolute Gasteiger partial charge is 0.493 e. The second-order valence-electron chi connectivity index (χ2n) is 4.20. The van der Waals surface area contributed by atoms with Crippen LogP contribution in [0.15, 0.2) is 48.5 Å². The first-order valence-corrected chi connectivity index (χ1v) is 7.35. The molecule has 0 amide bonds. The van der Waals surface area contributed by atoms with Gasteiger partial charge in [-0.3, -0.25) is 0 Å². The van der Waals surface area contributed by atoms with Crippen LogP contribution in [0.1, 0.15) is 11.1 Å². The van der Waals surface area contributed by atoms with Crippen LogP contribution in [0.2, 0.25) is 0 Å². The van der Waals surface area contributed by atoms with Crippen molar-refractivity contribution in [2.24, 2.45) is 0 Å². The molecule has 0 saturated carbocycles. The summed E-state index contributed by atoms with van der Waals surface area (Å²) < 4.78 is 11.1. The van der Waals surface area contributed by atoms with Crippen molar-refractivity contribution in [3.8, 4) is 11.5 Å². The van der Waals surface area contributed by atoms with Crippen LogP contribution in [-0.4, -0.2) is 13.7 Å². The molecule has 0 aromatic heterocycles. The summed E-state index contributed by atoms with van der Waals surface area (Å²) in [5, 5.41) is 0.813. The van der Waals surface area contributed by atoms with Crippen LogP contribution in [0.4, 0.5) is 0 Å². The molecule has 0 heterocycles. The van der Waals surface area contributed by atoms with Gasteiger partial charge in [0.05, 0.1) is 13.7 Å². The average molecular weight is 321 g/mol. The highest BCUT2D eigenvalue weighted by Crippen LogP contribution is 2.28. The van der Waals surface area contributed by atoms with Crippen LogP contribution in [-0.2, 0) is 11.8 Å². The summed E-state index contributed by atoms with van der Waals surface area (Å²) in [7, 11) is 1.66. The molecule has 100 valence electrons. The zero-order valence-corrected chi connectivity index (χ0v) is 12.5. The number of ether oxygens (including phenoxy) is 2. The van der Waals surface area contributed by atoms with E-state index in [0.29, 0.717) is 6.61 Å². The summed E-state index contributed by atoms with van der Waals surface area (Å²) in [6.45, 7) is 0.647. The Morgan fingerprint density at radius 1 is 0.947 bits per heavy atom. The fraction of sp³-hybridized carbons (Fsp3) is 0.250. The summed E-state index contributed by atoms with van der Waals surface area (Å²) >= 11 is 3.43. The van der Waals surface area contributed by atoms with Crippen LogP contribution in [0.25, 0.3) is 0 Å². The monoisotopic (exact) mass is 320 g/mol. The Morgan fingerprint density at radius 2 is 1.74 bits per heavy atom. The lowest BCUT2D eigenvalue weighted by atomic mass is 10.2. The number of rotatable bonds is 6. The average Bonchev–Trinajstić information content (AvgIpc) is 2.48. The van der Waals surface area contributed by atoms with E-state index in [2.05, 4.69) is 28.1 Å². The third-order valence-corrected chi connectivity index (χ3v) is 3.52. The lowest BCUT2D eigenvalue weighted by Crippen LogP contribution is -2.02. The van der Waals surface area contributed by atoms with Gasteiger partial charge >= 0.3 is 0 Å². The molecule has 2 aromatic rings. The zero-order chi connectivity index (χ0) is 13.5. The molecule has 2 nitrogen and oxygen atoms in total. The maximum absolute atomic E-state index is 5.79. The van der Waals surface area contributed by atoms with Gasteiger partial charge < -0.3 is 9.47 Å². The maximum Gasteiger partial charge on any atom is 0.161 e. The molecule has 0 fully saturated rings. The summed E-state index contributed by atoms with van der Waals surface area (Å²) in [6.07, 6.45) is 0.893. The highest BCUT2D eigenvalue weighted by Gasteiger charge is 2.05. The molecule has 0 N–H and O–H groups in total. The van der Waals surface area contributed by atoms with Gasteiger partial charge in [-0.1, -0.05) is 52.3 Å². The van der Waals surface area contributed by atoms with E-state index in [1.54, 1.807) is 7.11 Å². The Bertz CT molecular complexity index is 511. The fourth-order valence-corrected chi connectivity index (χ4v) is 2.19. The summed E-state index contributed by atoms with van der Waals surface area (Å²) in [5.41, 5.74) is 2.45. The highest BCUT2D eigenvalue weighted by molar-refractivity contribution is 9.08. The molecule has 2 aromatic carbocycles. The van der Waals surface area contributed by atoms with Crippen molar-refractivity contribution in [1.29, 1.82) is 0 Å². The van der Waals surface area contributed by atoms with Crippen LogP contribution in [0.5, 0.6) is 11.5 Å². The van der Waals surface area contributed by atoms with Gasteiger partial charge in [0, 0.05) is 11.8 Å². The van der Waals surface area contributed by atoms with E-state index in [0.717, 1.165) is 23.2 Å². The molecule has 3 heteroatoms. The maximum atomic E-state index is 5.79. The molecule has 0 spiro atoms. The predicted molar refractivity (Wildman–Crippen MR) is 81.3 cm³/mol. The van der Waals surface area contributed by atoms with E-state index < -0.39 is 0 Å². The fourth-order valence-electron chi connectivity index (χ4n) is 1.84. The molecule has 0 atom stereocenters. The molecule has 0 unspecified atom stereocenters. The first kappa shape index (κ1) is 13.9. The van der Waals surface area contributed by atoms with Crippen LogP contribution < -0.4 is 9.47 Å². The van der Waals surface area contributed by atoms with Gasteiger partial charge in [0.2, 0.25) is 0 Å². The molecule has 0 saturated heterocycles. The Hall–Kier alpha value is -1.48. The standard InChI is InChI=1S/C16H17BrO2/c1-18-16-11-14(12-17)7-8-15(16)19-10-9-13-5-3-2-4-6-13/h2-8,11H,9-10,12H2,1H3. The molecular formula is C16H17BrO2. The van der Waals surface area contributed by atoms with E-state index in [1.165, 1.54) is 11.1 Å². The van der Waals surface area contributed by atoms with Gasteiger partial charge in [-0.2, -0.15) is 0 Å². The predicted octanol–water partition coefficient (Wildman–Crippen LogP) is 4.21. The van der Waals surface area contributed by atoms with Gasteiger partial charge in [-0.25, -0.2) is 0 Å². The first-order chi connectivity index (χ1) is 9.33. The smallest absolute Gasteiger partial charge is 0.161 e. The molecule has 0 bridgehead atoms. The van der Waals surface area contributed by atoms with Crippen molar-refractivity contribution in [1.82, 2.24) is 0 Å². The lowest BCUT2D eigenvalue weighted by molar-refractivity contribution is 0.297. The Balaban J connectivity index is 1.96. The van der Waals surface area contributed by atoms with Gasteiger partial charge in [0.25, 0.3) is 0 Å². The van der Waals surface area contributed by atoms with Crippen LogP contribution in [0, 0.1) is 0 Å². The number of halogens is 1. The van der Waals surface area contributed by atoms with Crippen molar-refractivity contribution in [2.75, 3.05) is 13.7 Å². The lowest BCUT2D eigenvalue weighted by Gasteiger charge is -2.11. The SMILES string of the molecule is COc1cc(CBr)ccc1OCCc1ccccc1. The summed E-state index contributed by atoms with van der Waals surface area (Å²) in [4.78, 5) is 0. The van der Waals surface area contributed by atoms with Crippen LogP contribution >= 0.6 is 15.9 Å². The third kappa shape index (κ3) is 4.00. The molecule has 0 aliphatic heterocycles. The molecule has 2 rings (SSSR count). The Labute approximate surface area is 122 Å². The van der Waals surface area contributed by atoms with Crippen LogP contribution in [0.3, 0.4) is 0 Å². The van der Waals surface area contributed by atoms with Crippen molar-refractivity contribution in [3.05, 3.63) is 59.7 Å². The van der Waals surface area contributed by atoms with Crippen molar-refractivity contribution in [2.45, 2.75) is 11.8 Å². The van der Waals surface area contributed by atoms with Gasteiger partial charge in [-0.15, -0.1) is 0 Å². The molecular weight excluding hydrogens is 304 g/mol. The van der Waals surface area contributed by atoms with Crippen molar-refractivity contribution >= 4 is 15.9 Å². The quantitative estimate of drug-likeness (QED) is 0.742. The highest BCUT2D eigenvalue weighted by atomic mass is 79.9. The number of hydrogen-bond donors (Lipinski definition) is 0. The minimum absolute atomic E-state index is 0.647.